The highest BCUT2D eigenvalue weighted by molar-refractivity contribution is 7.10. The average Bonchev–Trinajstić information content (AvgIpc) is 2.86. The molecule has 0 saturated carbocycles. The van der Waals surface area contributed by atoms with Gasteiger partial charge in [-0.25, -0.2) is 4.98 Å². The Bertz CT molecular complexity index is 712. The molecule has 4 rings (SSSR count). The van der Waals surface area contributed by atoms with Crippen LogP contribution < -0.4 is 0 Å². The number of hydrogen-bond acceptors (Lipinski definition) is 2. The van der Waals surface area contributed by atoms with E-state index in [1.165, 1.54) is 32.5 Å². The second kappa shape index (κ2) is 3.41. The van der Waals surface area contributed by atoms with Crippen molar-refractivity contribution in [2.75, 3.05) is 0 Å². The van der Waals surface area contributed by atoms with Gasteiger partial charge in [-0.15, -0.1) is 11.3 Å². The molecule has 0 bridgehead atoms. The monoisotopic (exact) mass is 237 g/mol. The molecular formula is C15H11NS. The van der Waals surface area contributed by atoms with Gasteiger partial charge in [0.2, 0.25) is 0 Å². The standard InChI is InChI=1S/C15H11NS/c1-2-4-12-10(3-1)5-6-11-7-8-13-15(14(11)12)16-9-17-13/h1-6,9H,7-8H2. The fraction of sp³-hybridized carbons (Fsp3) is 0.133. The lowest BCUT2D eigenvalue weighted by molar-refractivity contribution is 0.959. The number of nitrogens with zero attached hydrogens (tertiary/aromatic N) is 1. The van der Waals surface area contributed by atoms with Gasteiger partial charge in [-0.3, -0.25) is 0 Å². The van der Waals surface area contributed by atoms with Crippen LogP contribution in [-0.4, -0.2) is 4.98 Å². The van der Waals surface area contributed by atoms with E-state index in [2.05, 4.69) is 41.4 Å². The summed E-state index contributed by atoms with van der Waals surface area (Å²) in [7, 11) is 0. The third kappa shape index (κ3) is 1.28. The van der Waals surface area contributed by atoms with Crippen LogP contribution in [0, 0.1) is 0 Å². The maximum absolute atomic E-state index is 4.57. The number of hydrogen-bond donors (Lipinski definition) is 0. The molecule has 0 atom stereocenters. The Labute approximate surface area is 104 Å². The van der Waals surface area contributed by atoms with Crippen LogP contribution in [-0.2, 0) is 12.8 Å². The molecule has 0 saturated heterocycles. The molecule has 0 radical (unpaired) electrons. The van der Waals surface area contributed by atoms with E-state index in [0.29, 0.717) is 0 Å². The Morgan fingerprint density at radius 3 is 2.94 bits per heavy atom. The summed E-state index contributed by atoms with van der Waals surface area (Å²) in [6, 6.07) is 13.1. The summed E-state index contributed by atoms with van der Waals surface area (Å²) >= 11 is 1.79. The Morgan fingerprint density at radius 2 is 1.94 bits per heavy atom. The third-order valence-corrected chi connectivity index (χ3v) is 4.41. The van der Waals surface area contributed by atoms with Crippen molar-refractivity contribution in [1.82, 2.24) is 4.98 Å². The highest BCUT2D eigenvalue weighted by Crippen LogP contribution is 2.39. The number of aromatic nitrogens is 1. The van der Waals surface area contributed by atoms with Gasteiger partial charge in [0.25, 0.3) is 0 Å². The molecule has 1 heterocycles. The van der Waals surface area contributed by atoms with Crippen LogP contribution in [0.4, 0.5) is 0 Å². The van der Waals surface area contributed by atoms with E-state index >= 15 is 0 Å². The molecule has 1 aliphatic rings. The molecule has 82 valence electrons. The molecule has 1 aromatic heterocycles. The van der Waals surface area contributed by atoms with E-state index in [9.17, 15) is 0 Å². The first-order chi connectivity index (χ1) is 8.43. The van der Waals surface area contributed by atoms with Gasteiger partial charge in [0.05, 0.1) is 11.2 Å². The van der Waals surface area contributed by atoms with Crippen molar-refractivity contribution in [3.05, 3.63) is 52.3 Å². The summed E-state index contributed by atoms with van der Waals surface area (Å²) in [4.78, 5) is 6.01. The number of rotatable bonds is 0. The fourth-order valence-corrected chi connectivity index (χ4v) is 3.48. The van der Waals surface area contributed by atoms with Gasteiger partial charge in [-0.1, -0.05) is 36.4 Å². The van der Waals surface area contributed by atoms with Crippen molar-refractivity contribution in [2.24, 2.45) is 0 Å². The van der Waals surface area contributed by atoms with Gasteiger partial charge in [-0.05, 0) is 29.2 Å². The highest BCUT2D eigenvalue weighted by Gasteiger charge is 2.20. The molecule has 2 aromatic carbocycles. The average molecular weight is 237 g/mol. The minimum Gasteiger partial charge on any atom is -0.244 e. The zero-order valence-electron chi connectivity index (χ0n) is 9.31. The molecule has 2 heteroatoms. The molecule has 0 spiro atoms. The van der Waals surface area contributed by atoms with Crippen LogP contribution in [0.2, 0.25) is 0 Å². The Morgan fingerprint density at radius 1 is 1.00 bits per heavy atom. The summed E-state index contributed by atoms with van der Waals surface area (Å²) in [5, 5.41) is 2.66. The van der Waals surface area contributed by atoms with Crippen LogP contribution in [0.1, 0.15) is 10.4 Å². The minimum atomic E-state index is 1.14. The van der Waals surface area contributed by atoms with Crippen molar-refractivity contribution in [3.8, 4) is 11.3 Å². The first-order valence-corrected chi connectivity index (χ1v) is 6.75. The van der Waals surface area contributed by atoms with Crippen molar-refractivity contribution in [2.45, 2.75) is 12.8 Å². The smallest absolute Gasteiger partial charge is 0.0852 e. The van der Waals surface area contributed by atoms with E-state index in [4.69, 9.17) is 0 Å². The summed E-state index contributed by atoms with van der Waals surface area (Å²) in [5.74, 6) is 0. The lowest BCUT2D eigenvalue weighted by atomic mass is 9.89. The van der Waals surface area contributed by atoms with Crippen molar-refractivity contribution < 1.29 is 0 Å². The van der Waals surface area contributed by atoms with Crippen LogP contribution >= 0.6 is 11.3 Å². The lowest BCUT2D eigenvalue weighted by Crippen LogP contribution is -2.02. The third-order valence-electron chi connectivity index (χ3n) is 3.51. The van der Waals surface area contributed by atoms with Crippen molar-refractivity contribution in [1.29, 1.82) is 0 Å². The van der Waals surface area contributed by atoms with Crippen molar-refractivity contribution >= 4 is 22.1 Å². The normalized spacial score (nSPS) is 13.4. The minimum absolute atomic E-state index is 1.14. The first kappa shape index (κ1) is 9.37. The van der Waals surface area contributed by atoms with Crippen molar-refractivity contribution in [3.63, 3.8) is 0 Å². The molecule has 0 amide bonds. The molecule has 1 nitrogen and oxygen atoms in total. The molecule has 0 aliphatic heterocycles. The summed E-state index contributed by atoms with van der Waals surface area (Å²) < 4.78 is 0. The quantitative estimate of drug-likeness (QED) is 0.574. The molecule has 17 heavy (non-hydrogen) atoms. The second-order valence-electron chi connectivity index (χ2n) is 4.44. The van der Waals surface area contributed by atoms with Crippen LogP contribution in [0.25, 0.3) is 22.0 Å². The number of benzene rings is 2. The predicted molar refractivity (Wildman–Crippen MR) is 72.5 cm³/mol. The van der Waals surface area contributed by atoms with Gasteiger partial charge < -0.3 is 0 Å². The van der Waals surface area contributed by atoms with Gasteiger partial charge in [-0.2, -0.15) is 0 Å². The molecule has 1 aliphatic carbocycles. The number of thiazole rings is 1. The topological polar surface area (TPSA) is 12.9 Å². The van der Waals surface area contributed by atoms with E-state index in [1.807, 2.05) is 5.51 Å². The SMILES string of the molecule is c1ccc2c3c(ccc2c1)CCc1scnc1-3. The Balaban J connectivity index is 2.17. The van der Waals surface area contributed by atoms with E-state index in [-0.39, 0.29) is 0 Å². The molecule has 0 unspecified atom stereocenters. The fourth-order valence-electron chi connectivity index (χ4n) is 2.70. The van der Waals surface area contributed by atoms with E-state index in [0.717, 1.165) is 12.8 Å². The zero-order chi connectivity index (χ0) is 11.2. The van der Waals surface area contributed by atoms with E-state index in [1.54, 1.807) is 11.3 Å². The molecule has 3 aromatic rings. The maximum Gasteiger partial charge on any atom is 0.0852 e. The summed E-state index contributed by atoms with van der Waals surface area (Å²) in [6.07, 6.45) is 2.29. The summed E-state index contributed by atoms with van der Waals surface area (Å²) in [5.41, 5.74) is 6.00. The van der Waals surface area contributed by atoms with Gasteiger partial charge in [0.1, 0.15) is 0 Å². The predicted octanol–water partition coefficient (Wildman–Crippen LogP) is 4.06. The van der Waals surface area contributed by atoms with Gasteiger partial charge in [0, 0.05) is 10.4 Å². The second-order valence-corrected chi connectivity index (χ2v) is 5.38. The maximum atomic E-state index is 4.57. The lowest BCUT2D eigenvalue weighted by Gasteiger charge is -2.17. The number of fused-ring (bicyclic) bond motifs is 5. The van der Waals surface area contributed by atoms with E-state index < -0.39 is 0 Å². The molecule has 0 fully saturated rings. The first-order valence-electron chi connectivity index (χ1n) is 5.87. The Hall–Kier alpha value is -1.67. The molecule has 0 N–H and O–H groups in total. The van der Waals surface area contributed by atoms with Crippen LogP contribution in [0.3, 0.4) is 0 Å². The van der Waals surface area contributed by atoms with Crippen LogP contribution in [0.5, 0.6) is 0 Å². The molecular weight excluding hydrogens is 226 g/mol. The van der Waals surface area contributed by atoms with Gasteiger partial charge in [0.15, 0.2) is 0 Å². The largest absolute Gasteiger partial charge is 0.244 e. The Kier molecular flexibility index (Phi) is 1.88. The summed E-state index contributed by atoms with van der Waals surface area (Å²) in [6.45, 7) is 0. The van der Waals surface area contributed by atoms with Gasteiger partial charge >= 0.3 is 0 Å². The van der Waals surface area contributed by atoms with Crippen LogP contribution in [0.15, 0.2) is 41.9 Å². The number of aryl methyl sites for hydroxylation is 2. The zero-order valence-corrected chi connectivity index (χ0v) is 10.1. The highest BCUT2D eigenvalue weighted by atomic mass is 32.1.